The molecule has 0 amide bonds. The van der Waals surface area contributed by atoms with Crippen LogP contribution in [0.4, 0.5) is 5.69 Å². The van der Waals surface area contributed by atoms with Crippen LogP contribution in [-0.4, -0.2) is 31.7 Å². The Morgan fingerprint density at radius 1 is 1.25 bits per heavy atom. The SMILES string of the molecule is COc1cc(OC(=O)CCCN)c([N+](=O)[O-])cc1OC. The van der Waals surface area contributed by atoms with E-state index in [0.29, 0.717) is 13.0 Å². The van der Waals surface area contributed by atoms with E-state index in [0.717, 1.165) is 6.07 Å². The minimum absolute atomic E-state index is 0.0853. The zero-order valence-electron chi connectivity index (χ0n) is 11.3. The number of nitrogens with zero attached hydrogens (tertiary/aromatic N) is 1. The number of hydrogen-bond acceptors (Lipinski definition) is 7. The third-order valence-electron chi connectivity index (χ3n) is 2.47. The van der Waals surface area contributed by atoms with Gasteiger partial charge in [0.15, 0.2) is 11.5 Å². The summed E-state index contributed by atoms with van der Waals surface area (Å²) in [5.41, 5.74) is 4.91. The number of esters is 1. The molecule has 2 N–H and O–H groups in total. The average Bonchev–Trinajstić information content (AvgIpc) is 2.44. The van der Waals surface area contributed by atoms with Crippen LogP contribution in [-0.2, 0) is 4.79 Å². The summed E-state index contributed by atoms with van der Waals surface area (Å²) in [6.07, 6.45) is 0.530. The van der Waals surface area contributed by atoms with Crippen molar-refractivity contribution in [1.82, 2.24) is 0 Å². The highest BCUT2D eigenvalue weighted by Gasteiger charge is 2.22. The van der Waals surface area contributed by atoms with Crippen molar-refractivity contribution in [2.75, 3.05) is 20.8 Å². The maximum Gasteiger partial charge on any atom is 0.315 e. The molecule has 1 aromatic rings. The summed E-state index contributed by atoms with van der Waals surface area (Å²) in [4.78, 5) is 21.9. The molecule has 0 aliphatic rings. The molecule has 0 unspecified atom stereocenters. The fraction of sp³-hybridized carbons (Fsp3) is 0.417. The number of nitro benzene ring substituents is 1. The molecular formula is C12H16N2O6. The van der Waals surface area contributed by atoms with Gasteiger partial charge >= 0.3 is 11.7 Å². The van der Waals surface area contributed by atoms with Crippen LogP contribution in [0, 0.1) is 10.1 Å². The summed E-state index contributed by atoms with van der Waals surface area (Å²) in [6.45, 7) is 0.336. The molecule has 0 atom stereocenters. The normalized spacial score (nSPS) is 9.95. The smallest absolute Gasteiger partial charge is 0.315 e. The van der Waals surface area contributed by atoms with E-state index in [-0.39, 0.29) is 29.4 Å². The molecule has 0 saturated heterocycles. The van der Waals surface area contributed by atoms with E-state index in [1.54, 1.807) is 0 Å². The molecule has 0 aromatic heterocycles. The lowest BCUT2D eigenvalue weighted by atomic mass is 10.2. The number of carbonyl (C=O) groups is 1. The first kappa shape index (κ1) is 15.7. The van der Waals surface area contributed by atoms with Crippen LogP contribution in [0.1, 0.15) is 12.8 Å². The zero-order chi connectivity index (χ0) is 15.1. The van der Waals surface area contributed by atoms with Crippen molar-refractivity contribution in [3.8, 4) is 17.2 Å². The van der Waals surface area contributed by atoms with Gasteiger partial charge in [-0.1, -0.05) is 0 Å². The van der Waals surface area contributed by atoms with E-state index in [9.17, 15) is 14.9 Å². The lowest BCUT2D eigenvalue weighted by Crippen LogP contribution is -2.11. The molecule has 0 aliphatic heterocycles. The number of nitrogens with two attached hydrogens (primary N) is 1. The molecule has 20 heavy (non-hydrogen) atoms. The Bertz CT molecular complexity index is 503. The monoisotopic (exact) mass is 284 g/mol. The van der Waals surface area contributed by atoms with Gasteiger partial charge in [-0.05, 0) is 13.0 Å². The number of methoxy groups -OCH3 is 2. The Labute approximate surface area is 115 Å². The van der Waals surface area contributed by atoms with Crippen LogP contribution < -0.4 is 19.9 Å². The topological polar surface area (TPSA) is 114 Å². The Kier molecular flexibility index (Phi) is 5.73. The molecule has 0 aliphatic carbocycles. The predicted octanol–water partition coefficient (Wildman–Crippen LogP) is 1.26. The fourth-order valence-corrected chi connectivity index (χ4v) is 1.49. The van der Waals surface area contributed by atoms with E-state index < -0.39 is 10.9 Å². The maximum absolute atomic E-state index is 11.5. The van der Waals surface area contributed by atoms with Crippen LogP contribution >= 0.6 is 0 Å². The van der Waals surface area contributed by atoms with Crippen molar-refractivity contribution in [2.45, 2.75) is 12.8 Å². The standard InChI is InChI=1S/C12H16N2O6/c1-18-10-6-8(14(16)17)9(7-11(10)19-2)20-12(15)4-3-5-13/h6-7H,3-5,13H2,1-2H3. The maximum atomic E-state index is 11.5. The van der Waals surface area contributed by atoms with Crippen molar-refractivity contribution < 1.29 is 23.9 Å². The summed E-state index contributed by atoms with van der Waals surface area (Å²) in [5, 5.41) is 11.0. The van der Waals surface area contributed by atoms with Gasteiger partial charge < -0.3 is 19.9 Å². The highest BCUT2D eigenvalue weighted by molar-refractivity contribution is 5.74. The van der Waals surface area contributed by atoms with Gasteiger partial charge in [0.2, 0.25) is 5.75 Å². The van der Waals surface area contributed by atoms with E-state index in [1.807, 2.05) is 0 Å². The second-order valence-corrected chi connectivity index (χ2v) is 3.80. The Morgan fingerprint density at radius 3 is 2.35 bits per heavy atom. The molecule has 0 radical (unpaired) electrons. The third kappa shape index (κ3) is 3.82. The quantitative estimate of drug-likeness (QED) is 0.347. The summed E-state index contributed by atoms with van der Waals surface area (Å²) >= 11 is 0. The van der Waals surface area contributed by atoms with E-state index in [2.05, 4.69) is 0 Å². The van der Waals surface area contributed by atoms with Gasteiger partial charge in [0.1, 0.15) is 0 Å². The Hall–Kier alpha value is -2.35. The van der Waals surface area contributed by atoms with Gasteiger partial charge in [-0.2, -0.15) is 0 Å². The van der Waals surface area contributed by atoms with E-state index >= 15 is 0 Å². The van der Waals surface area contributed by atoms with Gasteiger partial charge in [-0.15, -0.1) is 0 Å². The molecule has 8 nitrogen and oxygen atoms in total. The highest BCUT2D eigenvalue weighted by Crippen LogP contribution is 2.39. The van der Waals surface area contributed by atoms with Gasteiger partial charge in [0.05, 0.1) is 25.2 Å². The van der Waals surface area contributed by atoms with Crippen molar-refractivity contribution in [3.63, 3.8) is 0 Å². The molecule has 110 valence electrons. The molecule has 8 heteroatoms. The molecule has 0 bridgehead atoms. The summed E-state index contributed by atoms with van der Waals surface area (Å²) in [6, 6.07) is 2.39. The van der Waals surface area contributed by atoms with Crippen LogP contribution in [0.5, 0.6) is 17.2 Å². The molecule has 1 aromatic carbocycles. The Morgan fingerprint density at radius 2 is 1.85 bits per heavy atom. The summed E-state index contributed by atoms with van der Waals surface area (Å²) < 4.78 is 15.0. The minimum Gasteiger partial charge on any atom is -0.493 e. The lowest BCUT2D eigenvalue weighted by Gasteiger charge is -2.10. The van der Waals surface area contributed by atoms with Crippen LogP contribution in [0.2, 0.25) is 0 Å². The first-order chi connectivity index (χ1) is 9.53. The molecule has 0 saturated carbocycles. The highest BCUT2D eigenvalue weighted by atomic mass is 16.6. The second kappa shape index (κ2) is 7.29. The predicted molar refractivity (Wildman–Crippen MR) is 70.1 cm³/mol. The lowest BCUT2D eigenvalue weighted by molar-refractivity contribution is -0.385. The minimum atomic E-state index is -0.659. The van der Waals surface area contributed by atoms with Gasteiger partial charge in [0.25, 0.3) is 0 Å². The average molecular weight is 284 g/mol. The number of hydrogen-bond donors (Lipinski definition) is 1. The molecular weight excluding hydrogens is 268 g/mol. The number of nitro groups is 1. The van der Waals surface area contributed by atoms with E-state index in [1.165, 1.54) is 20.3 Å². The number of rotatable bonds is 7. The molecule has 0 fully saturated rings. The van der Waals surface area contributed by atoms with Crippen molar-refractivity contribution in [1.29, 1.82) is 0 Å². The van der Waals surface area contributed by atoms with Gasteiger partial charge in [-0.3, -0.25) is 14.9 Å². The van der Waals surface area contributed by atoms with Crippen molar-refractivity contribution in [3.05, 3.63) is 22.2 Å². The molecule has 0 spiro atoms. The summed E-state index contributed by atoms with van der Waals surface area (Å²) in [5.74, 6) is -0.360. The molecule has 0 heterocycles. The van der Waals surface area contributed by atoms with Gasteiger partial charge in [-0.25, -0.2) is 0 Å². The second-order valence-electron chi connectivity index (χ2n) is 3.80. The number of ether oxygens (including phenoxy) is 3. The van der Waals surface area contributed by atoms with Crippen LogP contribution in [0.25, 0.3) is 0 Å². The number of carbonyl (C=O) groups excluding carboxylic acids is 1. The van der Waals surface area contributed by atoms with Gasteiger partial charge in [0, 0.05) is 12.5 Å². The first-order valence-corrected chi connectivity index (χ1v) is 5.84. The fourth-order valence-electron chi connectivity index (χ4n) is 1.49. The van der Waals surface area contributed by atoms with Crippen LogP contribution in [0.3, 0.4) is 0 Å². The first-order valence-electron chi connectivity index (χ1n) is 5.84. The van der Waals surface area contributed by atoms with E-state index in [4.69, 9.17) is 19.9 Å². The summed E-state index contributed by atoms with van der Waals surface area (Å²) in [7, 11) is 2.73. The third-order valence-corrected chi connectivity index (χ3v) is 2.47. The largest absolute Gasteiger partial charge is 0.493 e. The van der Waals surface area contributed by atoms with Crippen LogP contribution in [0.15, 0.2) is 12.1 Å². The van der Waals surface area contributed by atoms with Crippen molar-refractivity contribution in [2.24, 2.45) is 5.73 Å². The van der Waals surface area contributed by atoms with Crippen molar-refractivity contribution >= 4 is 11.7 Å². The molecule has 1 rings (SSSR count). The Balaban J connectivity index is 3.09. The number of benzene rings is 1. The zero-order valence-corrected chi connectivity index (χ0v) is 11.3.